The highest BCUT2D eigenvalue weighted by Crippen LogP contribution is 2.33. The number of nitrogens with zero attached hydrogens (tertiary/aromatic N) is 4. The number of anilines is 3. The van der Waals surface area contributed by atoms with E-state index in [0.717, 1.165) is 11.3 Å². The molecule has 0 radical (unpaired) electrons. The van der Waals surface area contributed by atoms with Crippen molar-refractivity contribution in [2.24, 2.45) is 5.92 Å². The second-order valence-electron chi connectivity index (χ2n) is 7.57. The molecule has 1 aliphatic rings. The number of H-pyrrole nitrogens is 1. The Kier molecular flexibility index (Phi) is 5.16. The number of hydrogen-bond donors (Lipinski definition) is 3. The lowest BCUT2D eigenvalue weighted by Crippen LogP contribution is -2.43. The minimum atomic E-state index is -0.783. The Morgan fingerprint density at radius 2 is 2.03 bits per heavy atom. The van der Waals surface area contributed by atoms with Crippen LogP contribution in [-0.2, 0) is 4.79 Å². The second-order valence-corrected chi connectivity index (χ2v) is 7.57. The van der Waals surface area contributed by atoms with Crippen molar-refractivity contribution in [3.05, 3.63) is 59.4 Å². The van der Waals surface area contributed by atoms with E-state index >= 15 is 0 Å². The molecule has 8 heteroatoms. The third-order valence-corrected chi connectivity index (χ3v) is 5.20. The number of rotatable bonds is 5. The molecule has 29 heavy (non-hydrogen) atoms. The van der Waals surface area contributed by atoms with E-state index in [4.69, 9.17) is 0 Å². The van der Waals surface area contributed by atoms with Gasteiger partial charge in [-0.15, -0.1) is 0 Å². The van der Waals surface area contributed by atoms with Gasteiger partial charge in [0.05, 0.1) is 5.92 Å². The Morgan fingerprint density at radius 3 is 2.76 bits per heavy atom. The summed E-state index contributed by atoms with van der Waals surface area (Å²) in [7, 11) is 0. The molecule has 2 atom stereocenters. The number of carboxylic acid groups (broad SMARTS) is 1. The predicted molar refractivity (Wildman–Crippen MR) is 111 cm³/mol. The van der Waals surface area contributed by atoms with Crippen LogP contribution in [0.3, 0.4) is 0 Å². The Bertz CT molecular complexity index is 1000. The van der Waals surface area contributed by atoms with Crippen LogP contribution < -0.4 is 10.2 Å². The van der Waals surface area contributed by atoms with Gasteiger partial charge in [-0.05, 0) is 25.8 Å². The number of benzene rings is 1. The van der Waals surface area contributed by atoms with E-state index in [0.29, 0.717) is 37.1 Å². The summed E-state index contributed by atoms with van der Waals surface area (Å²) in [4.78, 5) is 23.0. The van der Waals surface area contributed by atoms with Gasteiger partial charge in [0.25, 0.3) is 0 Å². The second kappa shape index (κ2) is 7.90. The van der Waals surface area contributed by atoms with Gasteiger partial charge in [0.1, 0.15) is 5.82 Å². The summed E-state index contributed by atoms with van der Waals surface area (Å²) < 4.78 is 0. The fourth-order valence-electron chi connectivity index (χ4n) is 3.83. The number of carboxylic acids is 1. The quantitative estimate of drug-likeness (QED) is 0.612. The molecular weight excluding hydrogens is 368 g/mol. The Balaban J connectivity index is 1.63. The molecule has 4 rings (SSSR count). The summed E-state index contributed by atoms with van der Waals surface area (Å²) in [6.07, 6.45) is 2.34. The Labute approximate surface area is 169 Å². The van der Waals surface area contributed by atoms with Gasteiger partial charge >= 0.3 is 5.97 Å². The number of aryl methyl sites for hydroxylation is 2. The van der Waals surface area contributed by atoms with E-state index < -0.39 is 11.9 Å². The maximum atomic E-state index is 11.8. The molecule has 2 aromatic heterocycles. The number of hydrogen-bond acceptors (Lipinski definition) is 6. The molecule has 1 aliphatic heterocycles. The zero-order valence-electron chi connectivity index (χ0n) is 16.5. The van der Waals surface area contributed by atoms with E-state index in [2.05, 4.69) is 50.6 Å². The van der Waals surface area contributed by atoms with E-state index in [9.17, 15) is 9.90 Å². The first-order valence-corrected chi connectivity index (χ1v) is 9.65. The summed E-state index contributed by atoms with van der Waals surface area (Å²) in [6, 6.07) is 11.9. The maximum absolute atomic E-state index is 11.8. The molecule has 1 saturated heterocycles. The van der Waals surface area contributed by atoms with Crippen molar-refractivity contribution < 1.29 is 9.90 Å². The Hall–Kier alpha value is -3.42. The molecular formula is C21H24N6O2. The van der Waals surface area contributed by atoms with Gasteiger partial charge in [0, 0.05) is 43.0 Å². The summed E-state index contributed by atoms with van der Waals surface area (Å²) in [6.45, 7) is 5.02. The molecule has 8 nitrogen and oxygen atoms in total. The van der Waals surface area contributed by atoms with Crippen molar-refractivity contribution in [3.8, 4) is 0 Å². The van der Waals surface area contributed by atoms with Gasteiger partial charge < -0.3 is 15.3 Å². The summed E-state index contributed by atoms with van der Waals surface area (Å²) in [5.41, 5.74) is 3.13. The standard InChI is InChI=1S/C21H24N6O2/c1-13-4-3-5-15(8-13)16-10-17(20(28)29)12-27(11-16)21-23-14(2)9-19(25-21)24-18-6-7-22-26-18/h3-9,16-17H,10-12H2,1-2H3,(H,28,29)(H2,22,23,24,25,26)/t16-,17+/m0/s1. The number of aliphatic carboxylic acids is 1. The van der Waals surface area contributed by atoms with Gasteiger partial charge in [-0.25, -0.2) is 4.98 Å². The topological polar surface area (TPSA) is 107 Å². The number of aromatic amines is 1. The van der Waals surface area contributed by atoms with E-state index in [-0.39, 0.29) is 5.92 Å². The molecule has 0 spiro atoms. The highest BCUT2D eigenvalue weighted by atomic mass is 16.4. The van der Waals surface area contributed by atoms with Crippen LogP contribution in [0, 0.1) is 19.8 Å². The predicted octanol–water partition coefficient (Wildman–Crippen LogP) is 3.25. The van der Waals surface area contributed by atoms with E-state index in [1.807, 2.05) is 30.0 Å². The minimum Gasteiger partial charge on any atom is -0.481 e. The monoisotopic (exact) mass is 392 g/mol. The normalized spacial score (nSPS) is 19.2. The fourth-order valence-corrected chi connectivity index (χ4v) is 3.83. The Morgan fingerprint density at radius 1 is 1.17 bits per heavy atom. The molecule has 1 aromatic carbocycles. The first-order valence-electron chi connectivity index (χ1n) is 9.65. The smallest absolute Gasteiger partial charge is 0.308 e. The highest BCUT2D eigenvalue weighted by Gasteiger charge is 2.33. The van der Waals surface area contributed by atoms with Crippen molar-refractivity contribution in [1.82, 2.24) is 20.2 Å². The number of piperidine rings is 1. The van der Waals surface area contributed by atoms with Gasteiger partial charge in [-0.1, -0.05) is 29.8 Å². The average molecular weight is 392 g/mol. The molecule has 3 aromatic rings. The van der Waals surface area contributed by atoms with Crippen LogP contribution in [0.5, 0.6) is 0 Å². The molecule has 0 unspecified atom stereocenters. The third kappa shape index (κ3) is 4.37. The van der Waals surface area contributed by atoms with Gasteiger partial charge in [-0.3, -0.25) is 9.89 Å². The first-order chi connectivity index (χ1) is 14.0. The molecule has 1 fully saturated rings. The van der Waals surface area contributed by atoms with Crippen LogP contribution in [0.4, 0.5) is 17.6 Å². The lowest BCUT2D eigenvalue weighted by atomic mass is 9.84. The largest absolute Gasteiger partial charge is 0.481 e. The van der Waals surface area contributed by atoms with Crippen LogP contribution in [0.2, 0.25) is 0 Å². The summed E-state index contributed by atoms with van der Waals surface area (Å²) >= 11 is 0. The van der Waals surface area contributed by atoms with Crippen molar-refractivity contribution in [2.75, 3.05) is 23.3 Å². The molecule has 0 bridgehead atoms. The van der Waals surface area contributed by atoms with Crippen molar-refractivity contribution >= 4 is 23.6 Å². The van der Waals surface area contributed by atoms with Gasteiger partial charge in [0.15, 0.2) is 5.82 Å². The number of carbonyl (C=O) groups is 1. The van der Waals surface area contributed by atoms with E-state index in [1.165, 1.54) is 5.56 Å². The van der Waals surface area contributed by atoms with Crippen molar-refractivity contribution in [1.29, 1.82) is 0 Å². The summed E-state index contributed by atoms with van der Waals surface area (Å²) in [5, 5.41) is 19.7. The van der Waals surface area contributed by atoms with Crippen LogP contribution in [0.1, 0.15) is 29.2 Å². The molecule has 0 aliphatic carbocycles. The minimum absolute atomic E-state index is 0.108. The van der Waals surface area contributed by atoms with Crippen LogP contribution in [-0.4, -0.2) is 44.3 Å². The van der Waals surface area contributed by atoms with Crippen molar-refractivity contribution in [2.45, 2.75) is 26.2 Å². The lowest BCUT2D eigenvalue weighted by molar-refractivity contribution is -0.142. The van der Waals surface area contributed by atoms with Gasteiger partial charge in [0.2, 0.25) is 5.95 Å². The van der Waals surface area contributed by atoms with Crippen LogP contribution in [0.25, 0.3) is 0 Å². The maximum Gasteiger partial charge on any atom is 0.308 e. The SMILES string of the molecule is Cc1cccc([C@H]2C[C@@H](C(=O)O)CN(c3nc(C)cc(Nc4cc[nH]n4)n3)C2)c1. The summed E-state index contributed by atoms with van der Waals surface area (Å²) in [5.74, 6) is 0.678. The van der Waals surface area contributed by atoms with E-state index in [1.54, 1.807) is 6.20 Å². The van der Waals surface area contributed by atoms with Crippen LogP contribution >= 0.6 is 0 Å². The molecule has 150 valence electrons. The van der Waals surface area contributed by atoms with Crippen LogP contribution in [0.15, 0.2) is 42.6 Å². The molecule has 0 saturated carbocycles. The van der Waals surface area contributed by atoms with Gasteiger partial charge in [-0.2, -0.15) is 10.1 Å². The lowest BCUT2D eigenvalue weighted by Gasteiger charge is -2.36. The first kappa shape index (κ1) is 18.9. The fraction of sp³-hybridized carbons (Fsp3) is 0.333. The zero-order chi connectivity index (χ0) is 20.4. The average Bonchev–Trinajstić information content (AvgIpc) is 3.20. The molecule has 3 heterocycles. The number of nitrogens with one attached hydrogen (secondary N) is 2. The highest BCUT2D eigenvalue weighted by molar-refractivity contribution is 5.71. The van der Waals surface area contributed by atoms with Crippen molar-refractivity contribution in [3.63, 3.8) is 0 Å². The molecule has 3 N–H and O–H groups in total. The number of aromatic nitrogens is 4. The molecule has 0 amide bonds. The zero-order valence-corrected chi connectivity index (χ0v) is 16.5. The third-order valence-electron chi connectivity index (χ3n) is 5.20.